The van der Waals surface area contributed by atoms with Crippen LogP contribution in [-0.2, 0) is 16.1 Å². The Labute approximate surface area is 156 Å². The molecule has 1 aliphatic rings. The molecule has 1 saturated carbocycles. The molecule has 0 radical (unpaired) electrons. The fraction of sp³-hybridized carbons (Fsp3) is 0.600. The molecule has 26 heavy (non-hydrogen) atoms. The maximum atomic E-state index is 11.9. The lowest BCUT2D eigenvalue weighted by Gasteiger charge is -2.11. The molecule has 6 heteroatoms. The number of aliphatic imine (C=N–C) groups is 1. The maximum absolute atomic E-state index is 11.9. The van der Waals surface area contributed by atoms with Gasteiger partial charge in [0.25, 0.3) is 0 Å². The topological polar surface area (TPSA) is 74.8 Å². The molecular formula is C20H32N4O2. The summed E-state index contributed by atoms with van der Waals surface area (Å²) in [6, 6.07) is 9.92. The molecule has 6 nitrogen and oxygen atoms in total. The fourth-order valence-electron chi connectivity index (χ4n) is 2.41. The van der Waals surface area contributed by atoms with Crippen molar-refractivity contribution in [2.24, 2.45) is 10.9 Å². The summed E-state index contributed by atoms with van der Waals surface area (Å²) in [5.74, 6) is 1.60. The molecule has 0 atom stereocenters. The molecule has 0 bridgehead atoms. The van der Waals surface area contributed by atoms with E-state index in [4.69, 9.17) is 4.74 Å². The van der Waals surface area contributed by atoms with Gasteiger partial charge in [-0.25, -0.2) is 0 Å². The first-order valence-corrected chi connectivity index (χ1v) is 9.68. The van der Waals surface area contributed by atoms with Crippen LogP contribution in [0.1, 0.15) is 38.2 Å². The highest BCUT2D eigenvalue weighted by Crippen LogP contribution is 2.28. The van der Waals surface area contributed by atoms with Crippen LogP contribution in [0.25, 0.3) is 0 Å². The number of rotatable bonds is 12. The average molecular weight is 361 g/mol. The molecule has 1 aliphatic carbocycles. The molecular weight excluding hydrogens is 328 g/mol. The summed E-state index contributed by atoms with van der Waals surface area (Å²) in [6.07, 6.45) is 3.99. The normalized spacial score (nSPS) is 14.1. The van der Waals surface area contributed by atoms with Crippen LogP contribution in [0.15, 0.2) is 35.3 Å². The smallest absolute Gasteiger partial charge is 0.222 e. The summed E-state index contributed by atoms with van der Waals surface area (Å²) in [5.41, 5.74) is 1.10. The predicted octanol–water partition coefficient (Wildman–Crippen LogP) is 2.06. The summed E-state index contributed by atoms with van der Waals surface area (Å²) in [7, 11) is 0. The minimum atomic E-state index is 0.0330. The monoisotopic (exact) mass is 360 g/mol. The molecule has 0 aliphatic heterocycles. The minimum Gasteiger partial charge on any atom is -0.381 e. The van der Waals surface area contributed by atoms with Crippen LogP contribution in [0.5, 0.6) is 0 Å². The van der Waals surface area contributed by atoms with Crippen molar-refractivity contribution in [2.75, 3.05) is 32.8 Å². The first-order valence-electron chi connectivity index (χ1n) is 9.68. The highest BCUT2D eigenvalue weighted by Gasteiger charge is 2.20. The summed E-state index contributed by atoms with van der Waals surface area (Å²) in [6.45, 7) is 6.34. The van der Waals surface area contributed by atoms with Crippen LogP contribution in [-0.4, -0.2) is 44.7 Å². The lowest BCUT2D eigenvalue weighted by atomic mass is 10.2. The number of hydrogen-bond donors (Lipinski definition) is 3. The highest BCUT2D eigenvalue weighted by atomic mass is 16.5. The van der Waals surface area contributed by atoms with Crippen molar-refractivity contribution in [3.8, 4) is 0 Å². The molecule has 0 spiro atoms. The van der Waals surface area contributed by atoms with Gasteiger partial charge in [-0.1, -0.05) is 30.3 Å². The standard InChI is InChI=1S/C20H32N4O2/c1-2-21-20(22-12-6-14-26-16-18-9-10-18)23-13-11-19(25)24-15-17-7-4-3-5-8-17/h3-5,7-8,18H,2,6,9-16H2,1H3,(H,24,25)(H2,21,22,23). The molecule has 0 heterocycles. The van der Waals surface area contributed by atoms with Gasteiger partial charge in [-0.05, 0) is 37.7 Å². The first kappa shape index (κ1) is 20.2. The van der Waals surface area contributed by atoms with Gasteiger partial charge in [0.05, 0.1) is 0 Å². The van der Waals surface area contributed by atoms with Crippen molar-refractivity contribution >= 4 is 11.9 Å². The number of ether oxygens (including phenoxy) is 1. The molecule has 144 valence electrons. The highest BCUT2D eigenvalue weighted by molar-refractivity contribution is 5.81. The third kappa shape index (κ3) is 9.42. The molecule has 0 saturated heterocycles. The third-order valence-corrected chi connectivity index (χ3v) is 4.09. The quantitative estimate of drug-likeness (QED) is 0.303. The van der Waals surface area contributed by atoms with E-state index in [0.717, 1.165) is 50.2 Å². The Hall–Kier alpha value is -2.08. The number of nitrogens with one attached hydrogen (secondary N) is 3. The zero-order chi connectivity index (χ0) is 18.5. The summed E-state index contributed by atoms with van der Waals surface area (Å²) >= 11 is 0. The number of carbonyl (C=O) groups excluding carboxylic acids is 1. The molecule has 1 aromatic carbocycles. The minimum absolute atomic E-state index is 0.0330. The van der Waals surface area contributed by atoms with Crippen LogP contribution < -0.4 is 16.0 Å². The Morgan fingerprint density at radius 1 is 1.19 bits per heavy atom. The second kappa shape index (κ2) is 12.3. The van der Waals surface area contributed by atoms with Crippen LogP contribution in [0, 0.1) is 5.92 Å². The van der Waals surface area contributed by atoms with Gasteiger partial charge in [0.1, 0.15) is 0 Å². The van der Waals surface area contributed by atoms with Crippen molar-refractivity contribution in [1.82, 2.24) is 16.0 Å². The van der Waals surface area contributed by atoms with Crippen LogP contribution >= 0.6 is 0 Å². The number of carbonyl (C=O) groups is 1. The Balaban J connectivity index is 1.55. The Bertz CT molecular complexity index is 544. The van der Waals surface area contributed by atoms with Gasteiger partial charge >= 0.3 is 0 Å². The van der Waals surface area contributed by atoms with Gasteiger partial charge in [-0.2, -0.15) is 0 Å². The van der Waals surface area contributed by atoms with Crippen LogP contribution in [0.3, 0.4) is 0 Å². The second-order valence-electron chi connectivity index (χ2n) is 6.57. The van der Waals surface area contributed by atoms with Crippen LogP contribution in [0.4, 0.5) is 0 Å². The molecule has 1 fully saturated rings. The predicted molar refractivity (Wildman–Crippen MR) is 105 cm³/mol. The zero-order valence-corrected chi connectivity index (χ0v) is 15.8. The largest absolute Gasteiger partial charge is 0.381 e. The van der Waals surface area contributed by atoms with Gasteiger partial charge in [0.15, 0.2) is 5.96 Å². The summed E-state index contributed by atoms with van der Waals surface area (Å²) < 4.78 is 5.61. The van der Waals surface area contributed by atoms with Crippen molar-refractivity contribution in [3.63, 3.8) is 0 Å². The number of benzene rings is 1. The van der Waals surface area contributed by atoms with E-state index in [1.54, 1.807) is 0 Å². The van der Waals surface area contributed by atoms with E-state index < -0.39 is 0 Å². The summed E-state index contributed by atoms with van der Waals surface area (Å²) in [4.78, 5) is 16.4. The maximum Gasteiger partial charge on any atom is 0.222 e. The Kier molecular flexibility index (Phi) is 9.57. The fourth-order valence-corrected chi connectivity index (χ4v) is 2.41. The van der Waals surface area contributed by atoms with Crippen molar-refractivity contribution in [2.45, 2.75) is 39.2 Å². The van der Waals surface area contributed by atoms with Crippen molar-refractivity contribution in [1.29, 1.82) is 0 Å². The first-order chi connectivity index (χ1) is 12.8. The number of guanidine groups is 1. The lowest BCUT2D eigenvalue weighted by Crippen LogP contribution is -2.39. The number of nitrogens with zero attached hydrogens (tertiary/aromatic N) is 1. The van der Waals surface area contributed by atoms with Gasteiger partial charge in [-0.3, -0.25) is 9.79 Å². The van der Waals surface area contributed by atoms with E-state index >= 15 is 0 Å². The summed E-state index contributed by atoms with van der Waals surface area (Å²) in [5, 5.41) is 9.34. The number of hydrogen-bond acceptors (Lipinski definition) is 3. The van der Waals surface area contributed by atoms with Gasteiger partial charge in [-0.15, -0.1) is 0 Å². The second-order valence-corrected chi connectivity index (χ2v) is 6.57. The van der Waals surface area contributed by atoms with E-state index in [9.17, 15) is 4.79 Å². The van der Waals surface area contributed by atoms with Crippen LogP contribution in [0.2, 0.25) is 0 Å². The van der Waals surface area contributed by atoms with E-state index in [0.29, 0.717) is 19.5 Å². The third-order valence-electron chi connectivity index (χ3n) is 4.09. The van der Waals surface area contributed by atoms with E-state index in [1.807, 2.05) is 37.3 Å². The molecule has 0 aromatic heterocycles. The zero-order valence-electron chi connectivity index (χ0n) is 15.8. The molecule has 0 unspecified atom stereocenters. The molecule has 2 rings (SSSR count). The van der Waals surface area contributed by atoms with Gasteiger partial charge in [0, 0.05) is 45.8 Å². The number of amides is 1. The Morgan fingerprint density at radius 2 is 2.00 bits per heavy atom. The van der Waals surface area contributed by atoms with Crippen molar-refractivity contribution in [3.05, 3.63) is 35.9 Å². The lowest BCUT2D eigenvalue weighted by molar-refractivity contribution is -0.121. The molecule has 3 N–H and O–H groups in total. The Morgan fingerprint density at radius 3 is 2.73 bits per heavy atom. The van der Waals surface area contributed by atoms with E-state index in [2.05, 4.69) is 20.9 Å². The molecule has 1 amide bonds. The van der Waals surface area contributed by atoms with Crippen molar-refractivity contribution < 1.29 is 9.53 Å². The van der Waals surface area contributed by atoms with E-state index in [-0.39, 0.29) is 5.91 Å². The van der Waals surface area contributed by atoms with E-state index in [1.165, 1.54) is 12.8 Å². The molecule has 1 aromatic rings. The van der Waals surface area contributed by atoms with Gasteiger partial charge in [0.2, 0.25) is 5.91 Å². The SMILES string of the molecule is CCNC(=NCCCOCC1CC1)NCCC(=O)NCc1ccccc1. The average Bonchev–Trinajstić information content (AvgIpc) is 3.48. The van der Waals surface area contributed by atoms with Gasteiger partial charge < -0.3 is 20.7 Å².